The third kappa shape index (κ3) is 3.18. The molecule has 6 heteroatoms. The molecule has 3 rings (SSSR count). The zero-order valence-electron chi connectivity index (χ0n) is 14.9. The van der Waals surface area contributed by atoms with E-state index in [1.165, 1.54) is 30.6 Å². The number of ketones is 1. The SMILES string of the molecule is CN1/C(=C/C(=O)COC(=O)c2cc[n+]([O-])cc2)C(C)(C)c2ccccc21. The maximum Gasteiger partial charge on any atom is 0.339 e. The highest BCUT2D eigenvalue weighted by molar-refractivity contribution is 5.96. The fraction of sp³-hybridized carbons (Fsp3) is 0.250. The van der Waals surface area contributed by atoms with Gasteiger partial charge in [-0.3, -0.25) is 4.79 Å². The van der Waals surface area contributed by atoms with E-state index in [0.717, 1.165) is 16.9 Å². The standard InChI is InChI=1S/C20H20N2O4/c1-20(2)16-6-4-5-7-17(16)21(3)18(20)12-15(23)13-26-19(24)14-8-10-22(25)11-9-14/h4-12H,13H2,1-3H3/b18-12+. The van der Waals surface area contributed by atoms with Crippen molar-refractivity contribution in [2.24, 2.45) is 0 Å². The van der Waals surface area contributed by atoms with Crippen LogP contribution in [0.25, 0.3) is 0 Å². The average molecular weight is 352 g/mol. The van der Waals surface area contributed by atoms with Crippen LogP contribution in [0.4, 0.5) is 5.69 Å². The molecule has 0 amide bonds. The molecule has 0 saturated heterocycles. The number of pyridine rings is 1. The van der Waals surface area contributed by atoms with Gasteiger partial charge < -0.3 is 14.8 Å². The van der Waals surface area contributed by atoms with E-state index in [4.69, 9.17) is 4.74 Å². The van der Waals surface area contributed by atoms with Crippen molar-refractivity contribution in [2.45, 2.75) is 19.3 Å². The number of ether oxygens (including phenoxy) is 1. The van der Waals surface area contributed by atoms with Crippen LogP contribution in [0, 0.1) is 5.21 Å². The molecule has 1 aliphatic heterocycles. The fourth-order valence-corrected chi connectivity index (χ4v) is 3.22. The molecular formula is C20H20N2O4. The van der Waals surface area contributed by atoms with Crippen molar-refractivity contribution >= 4 is 17.4 Å². The summed E-state index contributed by atoms with van der Waals surface area (Å²) >= 11 is 0. The molecule has 1 aromatic heterocycles. The van der Waals surface area contributed by atoms with Gasteiger partial charge in [-0.1, -0.05) is 32.0 Å². The molecule has 2 aromatic rings. The smallest absolute Gasteiger partial charge is 0.339 e. The summed E-state index contributed by atoms with van der Waals surface area (Å²) in [7, 11) is 1.92. The summed E-state index contributed by atoms with van der Waals surface area (Å²) in [5, 5.41) is 11.0. The Morgan fingerprint density at radius 2 is 1.85 bits per heavy atom. The molecule has 6 nitrogen and oxygen atoms in total. The second-order valence-corrected chi connectivity index (χ2v) is 6.72. The lowest BCUT2D eigenvalue weighted by Crippen LogP contribution is -2.25. The molecule has 0 radical (unpaired) electrons. The van der Waals surface area contributed by atoms with Crippen LogP contribution in [0.15, 0.2) is 60.6 Å². The zero-order chi connectivity index (χ0) is 18.9. The highest BCUT2D eigenvalue weighted by Gasteiger charge is 2.38. The summed E-state index contributed by atoms with van der Waals surface area (Å²) in [6.07, 6.45) is 3.94. The lowest BCUT2D eigenvalue weighted by molar-refractivity contribution is -0.605. The lowest BCUT2D eigenvalue weighted by atomic mass is 9.83. The van der Waals surface area contributed by atoms with Crippen LogP contribution in [0.5, 0.6) is 0 Å². The van der Waals surface area contributed by atoms with Crippen LogP contribution in [0.3, 0.4) is 0 Å². The molecule has 0 saturated carbocycles. The number of anilines is 1. The number of likely N-dealkylation sites (N-methyl/N-ethyl adjacent to an activating group) is 1. The van der Waals surface area contributed by atoms with Crippen molar-refractivity contribution in [3.05, 3.63) is 76.9 Å². The predicted octanol–water partition coefficient (Wildman–Crippen LogP) is 2.36. The number of esters is 1. The van der Waals surface area contributed by atoms with Crippen LogP contribution in [0.1, 0.15) is 29.8 Å². The number of fused-ring (bicyclic) bond motifs is 1. The van der Waals surface area contributed by atoms with Crippen LogP contribution >= 0.6 is 0 Å². The minimum absolute atomic E-state index is 0.225. The Balaban J connectivity index is 1.71. The third-order valence-electron chi connectivity index (χ3n) is 4.62. The maximum atomic E-state index is 12.3. The van der Waals surface area contributed by atoms with E-state index < -0.39 is 5.97 Å². The minimum atomic E-state index is -0.639. The summed E-state index contributed by atoms with van der Waals surface area (Å²) in [6.45, 7) is 3.76. The number of para-hydroxylation sites is 1. The summed E-state index contributed by atoms with van der Waals surface area (Å²) in [5.41, 5.74) is 2.97. The van der Waals surface area contributed by atoms with Crippen molar-refractivity contribution in [3.63, 3.8) is 0 Å². The molecule has 0 atom stereocenters. The van der Waals surface area contributed by atoms with Crippen molar-refractivity contribution in [3.8, 4) is 0 Å². The molecule has 0 bridgehead atoms. The van der Waals surface area contributed by atoms with E-state index in [1.807, 2.05) is 30.1 Å². The predicted molar refractivity (Wildman–Crippen MR) is 96.6 cm³/mol. The number of rotatable bonds is 4. The van der Waals surface area contributed by atoms with Crippen molar-refractivity contribution in [2.75, 3.05) is 18.6 Å². The number of nitrogens with zero attached hydrogens (tertiary/aromatic N) is 2. The molecule has 0 fully saturated rings. The highest BCUT2D eigenvalue weighted by atomic mass is 16.5. The quantitative estimate of drug-likeness (QED) is 0.365. The zero-order valence-corrected chi connectivity index (χ0v) is 14.9. The van der Waals surface area contributed by atoms with Crippen molar-refractivity contribution in [1.82, 2.24) is 0 Å². The number of hydrogen-bond acceptors (Lipinski definition) is 5. The van der Waals surface area contributed by atoms with Crippen LogP contribution in [-0.4, -0.2) is 25.4 Å². The monoisotopic (exact) mass is 352 g/mol. The summed E-state index contributed by atoms with van der Waals surface area (Å²) in [5.74, 6) is -0.935. The fourth-order valence-electron chi connectivity index (χ4n) is 3.22. The van der Waals surface area contributed by atoms with Crippen molar-refractivity contribution in [1.29, 1.82) is 0 Å². The summed E-state index contributed by atoms with van der Waals surface area (Å²) < 4.78 is 5.63. The minimum Gasteiger partial charge on any atom is -0.619 e. The number of hydrogen-bond donors (Lipinski definition) is 0. The van der Waals surface area contributed by atoms with Crippen molar-refractivity contribution < 1.29 is 19.1 Å². The van der Waals surface area contributed by atoms with Gasteiger partial charge in [0, 0.05) is 42.1 Å². The third-order valence-corrected chi connectivity index (χ3v) is 4.62. The number of carbonyl (C=O) groups is 2. The Labute approximate surface area is 151 Å². The molecule has 0 N–H and O–H groups in total. The van der Waals surface area contributed by atoms with Crippen LogP contribution in [0.2, 0.25) is 0 Å². The van der Waals surface area contributed by atoms with Gasteiger partial charge in [-0.05, 0) is 11.6 Å². The van der Waals surface area contributed by atoms with Gasteiger partial charge in [0.2, 0.25) is 0 Å². The molecule has 1 aromatic carbocycles. The normalized spacial score (nSPS) is 16.4. The summed E-state index contributed by atoms with van der Waals surface area (Å²) in [4.78, 5) is 26.3. The topological polar surface area (TPSA) is 73.5 Å². The molecule has 26 heavy (non-hydrogen) atoms. The Kier molecular flexibility index (Phi) is 4.50. The van der Waals surface area contributed by atoms with Crippen LogP contribution < -0.4 is 9.63 Å². The first kappa shape index (κ1) is 17.7. The average Bonchev–Trinajstić information content (AvgIpc) is 2.81. The molecule has 1 aliphatic rings. The number of allylic oxidation sites excluding steroid dienone is 1. The van der Waals surface area contributed by atoms with E-state index >= 15 is 0 Å². The second kappa shape index (κ2) is 6.63. The van der Waals surface area contributed by atoms with E-state index in [2.05, 4.69) is 19.9 Å². The second-order valence-electron chi connectivity index (χ2n) is 6.72. The maximum absolute atomic E-state index is 12.3. The molecule has 0 unspecified atom stereocenters. The van der Waals surface area contributed by atoms with Gasteiger partial charge in [-0.15, -0.1) is 0 Å². The van der Waals surface area contributed by atoms with Gasteiger partial charge in [-0.25, -0.2) is 4.79 Å². The number of carbonyl (C=O) groups excluding carboxylic acids is 2. The van der Waals surface area contributed by atoms with Gasteiger partial charge in [0.1, 0.15) is 0 Å². The molecular weight excluding hydrogens is 332 g/mol. The molecule has 0 spiro atoms. The Morgan fingerprint density at radius 3 is 2.50 bits per heavy atom. The van der Waals surface area contributed by atoms with Gasteiger partial charge in [0.05, 0.1) is 5.56 Å². The van der Waals surface area contributed by atoms with Gasteiger partial charge in [0.15, 0.2) is 24.8 Å². The first-order valence-corrected chi connectivity index (χ1v) is 8.25. The highest BCUT2D eigenvalue weighted by Crippen LogP contribution is 2.46. The van der Waals surface area contributed by atoms with E-state index in [0.29, 0.717) is 4.73 Å². The molecule has 134 valence electrons. The first-order chi connectivity index (χ1) is 12.3. The van der Waals surface area contributed by atoms with Gasteiger partial charge in [-0.2, -0.15) is 4.73 Å². The number of aromatic nitrogens is 1. The van der Waals surface area contributed by atoms with E-state index in [1.54, 1.807) is 0 Å². The number of benzene rings is 1. The van der Waals surface area contributed by atoms with E-state index in [9.17, 15) is 14.8 Å². The molecule has 2 heterocycles. The largest absolute Gasteiger partial charge is 0.619 e. The first-order valence-electron chi connectivity index (χ1n) is 8.25. The Bertz CT molecular complexity index is 885. The Morgan fingerprint density at radius 1 is 1.19 bits per heavy atom. The lowest BCUT2D eigenvalue weighted by Gasteiger charge is -2.23. The molecule has 0 aliphatic carbocycles. The van der Waals surface area contributed by atoms with E-state index in [-0.39, 0.29) is 23.4 Å². The summed E-state index contributed by atoms with van der Waals surface area (Å²) in [6, 6.07) is 10.7. The van der Waals surface area contributed by atoms with Gasteiger partial charge in [0.25, 0.3) is 0 Å². The van der Waals surface area contributed by atoms with Gasteiger partial charge >= 0.3 is 5.97 Å². The van der Waals surface area contributed by atoms with Crippen LogP contribution in [-0.2, 0) is 14.9 Å². The Hall–Kier alpha value is -3.15.